The molecule has 0 radical (unpaired) electrons. The van der Waals surface area contributed by atoms with E-state index in [4.69, 9.17) is 4.74 Å². The molecule has 0 N–H and O–H groups in total. The highest BCUT2D eigenvalue weighted by Crippen LogP contribution is 2.33. The molecule has 1 unspecified atom stereocenters. The summed E-state index contributed by atoms with van der Waals surface area (Å²) < 4.78 is 5.51. The maximum absolute atomic E-state index is 11.2. The minimum atomic E-state index is 0.207. The molecule has 0 amide bonds. The quantitative estimate of drug-likeness (QED) is 0.789. The second-order valence-electron chi connectivity index (χ2n) is 5.40. The molecule has 0 aliphatic rings. The van der Waals surface area contributed by atoms with Gasteiger partial charge in [-0.15, -0.1) is 0 Å². The molecule has 0 aliphatic carbocycles. The van der Waals surface area contributed by atoms with Gasteiger partial charge in [0.1, 0.15) is 11.5 Å². The van der Waals surface area contributed by atoms with Crippen molar-refractivity contribution in [1.82, 2.24) is 4.90 Å². The third-order valence-corrected chi connectivity index (χ3v) is 3.60. The largest absolute Gasteiger partial charge is 0.496 e. The van der Waals surface area contributed by atoms with E-state index in [0.717, 1.165) is 17.7 Å². The Morgan fingerprint density at radius 2 is 1.84 bits per heavy atom. The average Bonchev–Trinajstić information content (AvgIpc) is 2.32. The molecule has 0 fully saturated rings. The highest BCUT2D eigenvalue weighted by atomic mass is 16.5. The summed E-state index contributed by atoms with van der Waals surface area (Å²) in [6.45, 7) is 5.84. The Hall–Kier alpha value is -1.35. The van der Waals surface area contributed by atoms with Gasteiger partial charge in [0, 0.05) is 18.0 Å². The molecule has 106 valence electrons. The van der Waals surface area contributed by atoms with Crippen LogP contribution in [0.25, 0.3) is 0 Å². The van der Waals surface area contributed by atoms with Crippen LogP contribution in [0.2, 0.25) is 0 Å². The first-order valence-electron chi connectivity index (χ1n) is 6.67. The van der Waals surface area contributed by atoms with Crippen LogP contribution in [0.4, 0.5) is 0 Å². The number of nitrogens with zero attached hydrogens (tertiary/aromatic N) is 1. The molecule has 0 aliphatic heterocycles. The van der Waals surface area contributed by atoms with Gasteiger partial charge < -0.3 is 14.4 Å². The van der Waals surface area contributed by atoms with Gasteiger partial charge in [0.05, 0.1) is 7.11 Å². The van der Waals surface area contributed by atoms with Crippen molar-refractivity contribution in [3.8, 4) is 5.75 Å². The van der Waals surface area contributed by atoms with Crippen molar-refractivity contribution < 1.29 is 9.53 Å². The Bertz CT molecular complexity index is 452. The Morgan fingerprint density at radius 3 is 2.32 bits per heavy atom. The number of ether oxygens (including phenoxy) is 1. The predicted octanol–water partition coefficient (Wildman–Crippen LogP) is 3.28. The Labute approximate surface area is 116 Å². The van der Waals surface area contributed by atoms with E-state index in [1.54, 1.807) is 14.0 Å². The first-order valence-corrected chi connectivity index (χ1v) is 6.67. The third-order valence-electron chi connectivity index (χ3n) is 3.60. The average molecular weight is 263 g/mol. The van der Waals surface area contributed by atoms with Crippen molar-refractivity contribution in [3.05, 3.63) is 28.8 Å². The van der Waals surface area contributed by atoms with Crippen LogP contribution in [0.15, 0.2) is 12.1 Å². The number of hydrogen-bond donors (Lipinski definition) is 0. The molecule has 3 heteroatoms. The third kappa shape index (κ3) is 4.06. The van der Waals surface area contributed by atoms with Crippen LogP contribution in [-0.2, 0) is 4.79 Å². The van der Waals surface area contributed by atoms with E-state index in [1.165, 1.54) is 11.1 Å². The Kier molecular flexibility index (Phi) is 5.55. The number of benzene rings is 1. The topological polar surface area (TPSA) is 29.5 Å². The minimum absolute atomic E-state index is 0.207. The SMILES string of the molecule is COc1cc(C)c(C)cc1C(CCC(C)=O)N(C)C. The zero-order chi connectivity index (χ0) is 14.6. The number of hydrogen-bond acceptors (Lipinski definition) is 3. The minimum Gasteiger partial charge on any atom is -0.496 e. The molecule has 1 atom stereocenters. The highest BCUT2D eigenvalue weighted by molar-refractivity contribution is 5.75. The second kappa shape index (κ2) is 6.71. The van der Waals surface area contributed by atoms with Gasteiger partial charge in [-0.05, 0) is 58.5 Å². The summed E-state index contributed by atoms with van der Waals surface area (Å²) in [6.07, 6.45) is 1.42. The van der Waals surface area contributed by atoms with E-state index < -0.39 is 0 Å². The number of methoxy groups -OCH3 is 1. The van der Waals surface area contributed by atoms with Crippen molar-refractivity contribution in [1.29, 1.82) is 0 Å². The summed E-state index contributed by atoms with van der Waals surface area (Å²) in [5, 5.41) is 0. The number of aryl methyl sites for hydroxylation is 2. The first kappa shape index (κ1) is 15.7. The molecule has 0 bridgehead atoms. The van der Waals surface area contributed by atoms with Crippen molar-refractivity contribution in [2.75, 3.05) is 21.2 Å². The molecule has 0 saturated heterocycles. The van der Waals surface area contributed by atoms with E-state index in [9.17, 15) is 4.79 Å². The molecular weight excluding hydrogens is 238 g/mol. The van der Waals surface area contributed by atoms with Crippen molar-refractivity contribution in [2.24, 2.45) is 0 Å². The van der Waals surface area contributed by atoms with Gasteiger partial charge in [-0.2, -0.15) is 0 Å². The molecule has 0 aromatic heterocycles. The lowest BCUT2D eigenvalue weighted by Crippen LogP contribution is -2.21. The molecule has 19 heavy (non-hydrogen) atoms. The van der Waals surface area contributed by atoms with E-state index in [0.29, 0.717) is 6.42 Å². The summed E-state index contributed by atoms with van der Waals surface area (Å²) in [7, 11) is 5.78. The lowest BCUT2D eigenvalue weighted by atomic mass is 9.95. The number of carbonyl (C=O) groups is 1. The van der Waals surface area contributed by atoms with Crippen LogP contribution in [0.5, 0.6) is 5.75 Å². The van der Waals surface area contributed by atoms with Gasteiger partial charge in [0.15, 0.2) is 0 Å². The zero-order valence-electron chi connectivity index (χ0n) is 12.9. The van der Waals surface area contributed by atoms with Gasteiger partial charge in [-0.25, -0.2) is 0 Å². The summed E-state index contributed by atoms with van der Waals surface area (Å²) in [5.74, 6) is 1.14. The van der Waals surface area contributed by atoms with Crippen molar-refractivity contribution >= 4 is 5.78 Å². The van der Waals surface area contributed by atoms with E-state index >= 15 is 0 Å². The monoisotopic (exact) mass is 263 g/mol. The van der Waals surface area contributed by atoms with Crippen molar-refractivity contribution in [3.63, 3.8) is 0 Å². The zero-order valence-corrected chi connectivity index (χ0v) is 12.9. The van der Waals surface area contributed by atoms with Crippen LogP contribution in [0, 0.1) is 13.8 Å². The molecule has 0 saturated carbocycles. The summed E-state index contributed by atoms with van der Waals surface area (Å²) in [5.41, 5.74) is 3.65. The van der Waals surface area contributed by atoms with E-state index in [-0.39, 0.29) is 11.8 Å². The lowest BCUT2D eigenvalue weighted by Gasteiger charge is -2.27. The summed E-state index contributed by atoms with van der Waals surface area (Å²) in [4.78, 5) is 13.4. The standard InChI is InChI=1S/C16H25NO2/c1-11-9-14(16(19-6)10-12(11)2)15(17(4)5)8-7-13(3)18/h9-10,15H,7-8H2,1-6H3. The molecular formula is C16H25NO2. The Balaban J connectivity index is 3.14. The smallest absolute Gasteiger partial charge is 0.129 e. The fourth-order valence-electron chi connectivity index (χ4n) is 2.28. The van der Waals surface area contributed by atoms with E-state index in [2.05, 4.69) is 30.9 Å². The Morgan fingerprint density at radius 1 is 1.26 bits per heavy atom. The summed E-state index contributed by atoms with van der Waals surface area (Å²) >= 11 is 0. The van der Waals surface area contributed by atoms with Crippen molar-refractivity contribution in [2.45, 2.75) is 39.7 Å². The molecule has 0 heterocycles. The lowest BCUT2D eigenvalue weighted by molar-refractivity contribution is -0.117. The molecule has 0 spiro atoms. The normalized spacial score (nSPS) is 12.6. The van der Waals surface area contributed by atoms with Gasteiger partial charge in [0.25, 0.3) is 0 Å². The number of rotatable bonds is 6. The molecule has 3 nitrogen and oxygen atoms in total. The fraction of sp³-hybridized carbons (Fsp3) is 0.562. The molecule has 1 aromatic rings. The molecule has 1 aromatic carbocycles. The number of carbonyl (C=O) groups excluding carboxylic acids is 1. The van der Waals surface area contributed by atoms with Crippen LogP contribution < -0.4 is 4.74 Å². The highest BCUT2D eigenvalue weighted by Gasteiger charge is 2.19. The molecule has 1 rings (SSSR count). The van der Waals surface area contributed by atoms with Crippen LogP contribution in [0.1, 0.15) is 42.5 Å². The van der Waals surface area contributed by atoms with Gasteiger partial charge in [-0.3, -0.25) is 0 Å². The van der Waals surface area contributed by atoms with E-state index in [1.807, 2.05) is 14.1 Å². The summed E-state index contributed by atoms with van der Waals surface area (Å²) in [6, 6.07) is 4.46. The maximum atomic E-state index is 11.2. The first-order chi connectivity index (χ1) is 8.86. The van der Waals surface area contributed by atoms with Gasteiger partial charge in [-0.1, -0.05) is 6.07 Å². The number of ketones is 1. The number of Topliss-reactive ketones (excluding diaryl/α,β-unsaturated/α-hetero) is 1. The van der Waals surface area contributed by atoms with Crippen LogP contribution >= 0.6 is 0 Å². The van der Waals surface area contributed by atoms with Crippen LogP contribution in [0.3, 0.4) is 0 Å². The van der Waals surface area contributed by atoms with Crippen LogP contribution in [-0.4, -0.2) is 31.9 Å². The fourth-order valence-corrected chi connectivity index (χ4v) is 2.28. The second-order valence-corrected chi connectivity index (χ2v) is 5.40. The van der Waals surface area contributed by atoms with Gasteiger partial charge >= 0.3 is 0 Å². The predicted molar refractivity (Wildman–Crippen MR) is 78.8 cm³/mol. The maximum Gasteiger partial charge on any atom is 0.129 e. The van der Waals surface area contributed by atoms with Gasteiger partial charge in [0.2, 0.25) is 0 Å².